The summed E-state index contributed by atoms with van der Waals surface area (Å²) in [7, 11) is 0. The first kappa shape index (κ1) is 20.4. The molecule has 0 unspecified atom stereocenters. The van der Waals surface area contributed by atoms with Crippen molar-refractivity contribution in [2.45, 2.75) is 38.5 Å². The second-order valence-corrected chi connectivity index (χ2v) is 7.58. The predicted molar refractivity (Wildman–Crippen MR) is 109 cm³/mol. The van der Waals surface area contributed by atoms with Gasteiger partial charge in [0.25, 0.3) is 5.91 Å². The number of nitrogens with one attached hydrogen (secondary N) is 1. The third kappa shape index (κ3) is 5.12. The van der Waals surface area contributed by atoms with Crippen LogP contribution in [0.4, 0.5) is 0 Å². The summed E-state index contributed by atoms with van der Waals surface area (Å²) in [5, 5.41) is 3.36. The molecule has 1 aliphatic rings. The average molecular weight is 401 g/mol. The number of rotatable bonds is 5. The summed E-state index contributed by atoms with van der Waals surface area (Å²) in [6.07, 6.45) is 0.181. The van der Waals surface area contributed by atoms with Crippen molar-refractivity contribution in [1.29, 1.82) is 0 Å². The van der Waals surface area contributed by atoms with Gasteiger partial charge in [0.05, 0.1) is 35.3 Å². The fraction of sp³-hybridized carbons (Fsp3) is 0.364. The first-order chi connectivity index (χ1) is 13.4. The van der Waals surface area contributed by atoms with E-state index in [1.807, 2.05) is 49.1 Å². The van der Waals surface area contributed by atoms with Crippen LogP contribution >= 0.6 is 11.6 Å². The van der Waals surface area contributed by atoms with Gasteiger partial charge in [-0.2, -0.15) is 0 Å². The van der Waals surface area contributed by atoms with Crippen LogP contribution < -0.4 is 5.32 Å². The number of carbonyl (C=O) groups excluding carboxylic acids is 2. The molecule has 0 spiro atoms. The number of benzene rings is 2. The Morgan fingerprint density at radius 3 is 2.32 bits per heavy atom. The Balaban J connectivity index is 1.77. The Hall–Kier alpha value is -2.37. The van der Waals surface area contributed by atoms with Gasteiger partial charge in [-0.05, 0) is 31.5 Å². The van der Waals surface area contributed by atoms with Crippen molar-refractivity contribution in [2.75, 3.05) is 13.1 Å². The van der Waals surface area contributed by atoms with Crippen LogP contribution in [0.3, 0.4) is 0 Å². The molecule has 0 aliphatic carbocycles. The van der Waals surface area contributed by atoms with Crippen molar-refractivity contribution in [2.24, 2.45) is 0 Å². The molecule has 0 aromatic heterocycles. The molecule has 6 heteroatoms. The van der Waals surface area contributed by atoms with Crippen molar-refractivity contribution in [3.05, 3.63) is 70.7 Å². The second kappa shape index (κ2) is 9.22. The summed E-state index contributed by atoms with van der Waals surface area (Å²) in [5.41, 5.74) is 1.27. The maximum Gasteiger partial charge on any atom is 0.253 e. The zero-order valence-electron chi connectivity index (χ0n) is 16.1. The molecule has 0 saturated carbocycles. The number of amides is 2. The lowest BCUT2D eigenvalue weighted by atomic mass is 10.0. The molecular formula is C22H25ClN2O3. The summed E-state index contributed by atoms with van der Waals surface area (Å²) in [5.74, 6) is -0.300. The van der Waals surface area contributed by atoms with E-state index in [0.29, 0.717) is 23.7 Å². The van der Waals surface area contributed by atoms with Gasteiger partial charge in [-0.3, -0.25) is 9.59 Å². The molecule has 2 amide bonds. The molecule has 148 valence electrons. The Morgan fingerprint density at radius 2 is 1.68 bits per heavy atom. The van der Waals surface area contributed by atoms with Crippen LogP contribution in [0.5, 0.6) is 0 Å². The lowest BCUT2D eigenvalue weighted by Crippen LogP contribution is -2.49. The topological polar surface area (TPSA) is 58.6 Å². The minimum Gasteiger partial charge on any atom is -0.372 e. The van der Waals surface area contributed by atoms with Gasteiger partial charge < -0.3 is 15.0 Å². The van der Waals surface area contributed by atoms with E-state index in [0.717, 1.165) is 5.56 Å². The molecule has 5 nitrogen and oxygen atoms in total. The highest BCUT2D eigenvalue weighted by atomic mass is 35.5. The van der Waals surface area contributed by atoms with Crippen molar-refractivity contribution >= 4 is 23.4 Å². The van der Waals surface area contributed by atoms with Gasteiger partial charge in [0.1, 0.15) is 0 Å². The number of carbonyl (C=O) groups is 2. The predicted octanol–water partition coefficient (Wildman–Crippen LogP) is 3.84. The van der Waals surface area contributed by atoms with Gasteiger partial charge in [-0.1, -0.05) is 54.1 Å². The number of hydrogen-bond acceptors (Lipinski definition) is 3. The molecule has 0 bridgehead atoms. The number of ether oxygens (including phenoxy) is 1. The van der Waals surface area contributed by atoms with Crippen LogP contribution in [-0.2, 0) is 9.53 Å². The van der Waals surface area contributed by atoms with E-state index in [2.05, 4.69) is 5.32 Å². The van der Waals surface area contributed by atoms with Crippen LogP contribution in [0.2, 0.25) is 5.02 Å². The van der Waals surface area contributed by atoms with Crippen molar-refractivity contribution in [1.82, 2.24) is 10.2 Å². The largest absolute Gasteiger partial charge is 0.372 e. The van der Waals surface area contributed by atoms with Crippen molar-refractivity contribution < 1.29 is 14.3 Å². The van der Waals surface area contributed by atoms with Crippen LogP contribution in [0.1, 0.15) is 42.2 Å². The lowest BCUT2D eigenvalue weighted by Gasteiger charge is -2.36. The number of morpholine rings is 1. The van der Waals surface area contributed by atoms with Gasteiger partial charge in [-0.15, -0.1) is 0 Å². The Kier molecular flexibility index (Phi) is 6.70. The molecule has 28 heavy (non-hydrogen) atoms. The lowest BCUT2D eigenvalue weighted by molar-refractivity contribution is -0.143. The summed E-state index contributed by atoms with van der Waals surface area (Å²) in [4.78, 5) is 27.5. The van der Waals surface area contributed by atoms with Gasteiger partial charge in [0.15, 0.2) is 0 Å². The van der Waals surface area contributed by atoms with Crippen LogP contribution in [0, 0.1) is 0 Å². The van der Waals surface area contributed by atoms with E-state index in [1.54, 1.807) is 24.3 Å². The molecule has 1 heterocycles. The molecule has 0 radical (unpaired) electrons. The summed E-state index contributed by atoms with van der Waals surface area (Å²) in [6, 6.07) is 16.0. The summed E-state index contributed by atoms with van der Waals surface area (Å²) < 4.78 is 5.71. The van der Waals surface area contributed by atoms with Crippen molar-refractivity contribution in [3.8, 4) is 0 Å². The SMILES string of the molecule is C[C@@H]1CN(C(=O)C[C@@H](NC(=O)c2ccccc2Cl)c2ccccc2)C[C@@H](C)O1. The Labute approximate surface area is 170 Å². The first-order valence-corrected chi connectivity index (χ1v) is 9.85. The molecule has 3 rings (SSSR count). The quantitative estimate of drug-likeness (QED) is 0.829. The van der Waals surface area contributed by atoms with Crippen LogP contribution in [0.15, 0.2) is 54.6 Å². The number of halogens is 1. The van der Waals surface area contributed by atoms with E-state index in [1.165, 1.54) is 0 Å². The summed E-state index contributed by atoms with van der Waals surface area (Å²) >= 11 is 6.16. The van der Waals surface area contributed by atoms with E-state index in [4.69, 9.17) is 16.3 Å². The molecule has 1 aliphatic heterocycles. The molecule has 1 N–H and O–H groups in total. The molecular weight excluding hydrogens is 376 g/mol. The van der Waals surface area contributed by atoms with Gasteiger partial charge >= 0.3 is 0 Å². The minimum absolute atomic E-state index is 0.000548. The van der Waals surface area contributed by atoms with Gasteiger partial charge in [0.2, 0.25) is 5.91 Å². The zero-order chi connectivity index (χ0) is 20.1. The first-order valence-electron chi connectivity index (χ1n) is 9.47. The van der Waals surface area contributed by atoms with Crippen molar-refractivity contribution in [3.63, 3.8) is 0 Å². The number of nitrogens with zero attached hydrogens (tertiary/aromatic N) is 1. The number of hydrogen-bond donors (Lipinski definition) is 1. The monoisotopic (exact) mass is 400 g/mol. The normalized spacial score (nSPS) is 20.5. The van der Waals surface area contributed by atoms with Gasteiger partial charge in [-0.25, -0.2) is 0 Å². The van der Waals surface area contributed by atoms with Crippen LogP contribution in [0.25, 0.3) is 0 Å². The maximum absolute atomic E-state index is 13.0. The third-order valence-electron chi connectivity index (χ3n) is 4.78. The van der Waals surface area contributed by atoms with Gasteiger partial charge in [0, 0.05) is 13.1 Å². The zero-order valence-corrected chi connectivity index (χ0v) is 16.9. The fourth-order valence-electron chi connectivity index (χ4n) is 3.50. The molecule has 2 aromatic rings. The van der Waals surface area contributed by atoms with E-state index < -0.39 is 6.04 Å². The molecule has 3 atom stereocenters. The smallest absolute Gasteiger partial charge is 0.253 e. The Morgan fingerprint density at radius 1 is 1.07 bits per heavy atom. The maximum atomic E-state index is 13.0. The highest BCUT2D eigenvalue weighted by molar-refractivity contribution is 6.33. The van der Waals surface area contributed by atoms with E-state index in [-0.39, 0.29) is 30.4 Å². The van der Waals surface area contributed by atoms with Crippen LogP contribution in [-0.4, -0.2) is 42.0 Å². The molecule has 1 saturated heterocycles. The highest BCUT2D eigenvalue weighted by Crippen LogP contribution is 2.22. The van der Waals surface area contributed by atoms with E-state index >= 15 is 0 Å². The summed E-state index contributed by atoms with van der Waals surface area (Å²) in [6.45, 7) is 5.04. The Bertz CT molecular complexity index is 818. The van der Waals surface area contributed by atoms with E-state index in [9.17, 15) is 9.59 Å². The third-order valence-corrected chi connectivity index (χ3v) is 5.11. The fourth-order valence-corrected chi connectivity index (χ4v) is 3.73. The average Bonchev–Trinajstić information content (AvgIpc) is 2.67. The molecule has 1 fully saturated rings. The standard InChI is InChI=1S/C22H25ClN2O3/c1-15-13-25(14-16(2)28-15)21(26)12-20(17-8-4-3-5-9-17)24-22(27)18-10-6-7-11-19(18)23/h3-11,15-16,20H,12-14H2,1-2H3,(H,24,27)/t15-,16-,20-/m1/s1. The highest BCUT2D eigenvalue weighted by Gasteiger charge is 2.28. The molecule has 2 aromatic carbocycles. The second-order valence-electron chi connectivity index (χ2n) is 7.18. The minimum atomic E-state index is -0.439.